The molecule has 0 saturated heterocycles. The maximum atomic E-state index is 11.4. The maximum Gasteiger partial charge on any atom is 0.308 e. The number of rotatable bonds is 6. The molecule has 0 heterocycles. The highest BCUT2D eigenvalue weighted by Crippen LogP contribution is 2.39. The van der Waals surface area contributed by atoms with Crippen LogP contribution in [0.25, 0.3) is 0 Å². The fourth-order valence-corrected chi connectivity index (χ4v) is 3.38. The van der Waals surface area contributed by atoms with E-state index >= 15 is 0 Å². The van der Waals surface area contributed by atoms with Crippen molar-refractivity contribution in [3.8, 4) is 11.5 Å². The summed E-state index contributed by atoms with van der Waals surface area (Å²) >= 11 is 0. The first kappa shape index (κ1) is 21.0. The molecule has 0 saturated carbocycles. The number of benzene rings is 2. The molecule has 2 rings (SSSR count). The Labute approximate surface area is 163 Å². The lowest BCUT2D eigenvalue weighted by atomic mass is 9.76. The fourth-order valence-electron chi connectivity index (χ4n) is 3.38. The van der Waals surface area contributed by atoms with E-state index in [4.69, 9.17) is 9.47 Å². The van der Waals surface area contributed by atoms with Gasteiger partial charge in [-0.25, -0.2) is 0 Å². The molecule has 0 aliphatic carbocycles. The Hall–Kier alpha value is -2.29. The standard InChI is InChI=1S/C24H32O3/c1-15(2)20-13-18(9-11-22(20)26-8)24(6,7)19-10-12-23(27-17(5)25)21(14-19)16(3)4/h9-16H,1-8H3. The summed E-state index contributed by atoms with van der Waals surface area (Å²) in [6, 6.07) is 12.6. The van der Waals surface area contributed by atoms with E-state index in [0.717, 1.165) is 11.3 Å². The summed E-state index contributed by atoms with van der Waals surface area (Å²) in [4.78, 5) is 11.4. The molecule has 3 heteroatoms. The molecule has 0 fully saturated rings. The SMILES string of the molecule is COc1ccc(C(C)(C)c2ccc(OC(C)=O)c(C(C)C)c2)cc1C(C)C. The first-order chi connectivity index (χ1) is 12.6. The third kappa shape index (κ3) is 4.52. The van der Waals surface area contributed by atoms with Crippen molar-refractivity contribution in [3.63, 3.8) is 0 Å². The quantitative estimate of drug-likeness (QED) is 0.450. The molecule has 0 atom stereocenters. The summed E-state index contributed by atoms with van der Waals surface area (Å²) in [6.45, 7) is 14.5. The topological polar surface area (TPSA) is 35.5 Å². The van der Waals surface area contributed by atoms with E-state index in [2.05, 4.69) is 71.9 Å². The monoisotopic (exact) mass is 368 g/mol. The Morgan fingerprint density at radius 3 is 1.70 bits per heavy atom. The van der Waals surface area contributed by atoms with E-state index in [1.807, 2.05) is 6.07 Å². The lowest BCUT2D eigenvalue weighted by Crippen LogP contribution is -2.20. The summed E-state index contributed by atoms with van der Waals surface area (Å²) in [5, 5.41) is 0. The normalized spacial score (nSPS) is 11.8. The summed E-state index contributed by atoms with van der Waals surface area (Å²) in [6.07, 6.45) is 0. The molecule has 0 bridgehead atoms. The first-order valence-electron chi connectivity index (χ1n) is 9.59. The average Bonchev–Trinajstić information content (AvgIpc) is 2.60. The lowest BCUT2D eigenvalue weighted by molar-refractivity contribution is -0.131. The minimum absolute atomic E-state index is 0.186. The van der Waals surface area contributed by atoms with Gasteiger partial charge < -0.3 is 9.47 Å². The van der Waals surface area contributed by atoms with Gasteiger partial charge in [-0.1, -0.05) is 65.8 Å². The number of ether oxygens (including phenoxy) is 2. The van der Waals surface area contributed by atoms with Crippen molar-refractivity contribution >= 4 is 5.97 Å². The molecule has 0 aromatic heterocycles. The Morgan fingerprint density at radius 2 is 1.30 bits per heavy atom. The average molecular weight is 369 g/mol. The molecule has 0 aliphatic rings. The van der Waals surface area contributed by atoms with Gasteiger partial charge in [0.2, 0.25) is 0 Å². The van der Waals surface area contributed by atoms with Crippen molar-refractivity contribution < 1.29 is 14.3 Å². The van der Waals surface area contributed by atoms with Gasteiger partial charge in [0.1, 0.15) is 11.5 Å². The van der Waals surface area contributed by atoms with Gasteiger partial charge in [0.25, 0.3) is 0 Å². The first-order valence-corrected chi connectivity index (χ1v) is 9.59. The Morgan fingerprint density at radius 1 is 0.852 bits per heavy atom. The van der Waals surface area contributed by atoms with E-state index < -0.39 is 0 Å². The van der Waals surface area contributed by atoms with Crippen molar-refractivity contribution in [2.45, 2.75) is 65.7 Å². The summed E-state index contributed by atoms with van der Waals surface area (Å²) in [5.41, 5.74) is 4.51. The largest absolute Gasteiger partial charge is 0.496 e. The fraction of sp³-hybridized carbons (Fsp3) is 0.458. The van der Waals surface area contributed by atoms with Gasteiger partial charge in [-0.3, -0.25) is 4.79 Å². The lowest BCUT2D eigenvalue weighted by Gasteiger charge is -2.29. The third-order valence-electron chi connectivity index (χ3n) is 5.18. The van der Waals surface area contributed by atoms with Crippen LogP contribution in [-0.4, -0.2) is 13.1 Å². The molecule has 3 nitrogen and oxygen atoms in total. The molecular formula is C24H32O3. The van der Waals surface area contributed by atoms with E-state index in [1.165, 1.54) is 23.6 Å². The molecular weight excluding hydrogens is 336 g/mol. The van der Waals surface area contributed by atoms with Crippen LogP contribution in [0.2, 0.25) is 0 Å². The van der Waals surface area contributed by atoms with Gasteiger partial charge in [-0.15, -0.1) is 0 Å². The van der Waals surface area contributed by atoms with Gasteiger partial charge in [0.15, 0.2) is 0 Å². The second kappa shape index (κ2) is 8.16. The zero-order chi connectivity index (χ0) is 20.4. The van der Waals surface area contributed by atoms with Crippen molar-refractivity contribution in [1.29, 1.82) is 0 Å². The van der Waals surface area contributed by atoms with Crippen LogP contribution in [-0.2, 0) is 10.2 Å². The number of carbonyl (C=O) groups excluding carboxylic acids is 1. The van der Waals surface area contributed by atoms with Crippen molar-refractivity contribution in [2.24, 2.45) is 0 Å². The van der Waals surface area contributed by atoms with Gasteiger partial charge in [0.05, 0.1) is 7.11 Å². The molecule has 2 aromatic carbocycles. The van der Waals surface area contributed by atoms with Gasteiger partial charge in [-0.05, 0) is 46.2 Å². The van der Waals surface area contributed by atoms with Crippen molar-refractivity contribution in [2.75, 3.05) is 7.11 Å². The highest BCUT2D eigenvalue weighted by molar-refractivity contribution is 5.70. The van der Waals surface area contributed by atoms with Crippen LogP contribution in [0.15, 0.2) is 36.4 Å². The molecule has 0 N–H and O–H groups in total. The number of carbonyl (C=O) groups is 1. The maximum absolute atomic E-state index is 11.4. The third-order valence-corrected chi connectivity index (χ3v) is 5.18. The highest BCUT2D eigenvalue weighted by atomic mass is 16.5. The van der Waals surface area contributed by atoms with Gasteiger partial charge in [-0.2, -0.15) is 0 Å². The molecule has 0 spiro atoms. The van der Waals surface area contributed by atoms with Gasteiger partial charge >= 0.3 is 5.97 Å². The summed E-state index contributed by atoms with van der Waals surface area (Å²) in [5.74, 6) is 1.93. The number of hydrogen-bond donors (Lipinski definition) is 0. The minimum atomic E-state index is -0.291. The predicted molar refractivity (Wildman–Crippen MR) is 111 cm³/mol. The van der Waals surface area contributed by atoms with Crippen LogP contribution in [0, 0.1) is 0 Å². The van der Waals surface area contributed by atoms with Crippen molar-refractivity contribution in [1.82, 2.24) is 0 Å². The number of hydrogen-bond acceptors (Lipinski definition) is 3. The zero-order valence-electron chi connectivity index (χ0n) is 17.8. The second-order valence-corrected chi connectivity index (χ2v) is 8.24. The molecule has 0 aliphatic heterocycles. The van der Waals surface area contributed by atoms with Crippen LogP contribution in [0.1, 0.15) is 82.6 Å². The highest BCUT2D eigenvalue weighted by Gasteiger charge is 2.26. The molecule has 27 heavy (non-hydrogen) atoms. The smallest absolute Gasteiger partial charge is 0.308 e. The van der Waals surface area contributed by atoms with Crippen molar-refractivity contribution in [3.05, 3.63) is 58.7 Å². The van der Waals surface area contributed by atoms with Crippen LogP contribution in [0.3, 0.4) is 0 Å². The minimum Gasteiger partial charge on any atom is -0.496 e. The van der Waals surface area contributed by atoms with Crippen LogP contribution >= 0.6 is 0 Å². The second-order valence-electron chi connectivity index (χ2n) is 8.24. The molecule has 2 aromatic rings. The Kier molecular flexibility index (Phi) is 6.35. The van der Waals surface area contributed by atoms with E-state index in [9.17, 15) is 4.79 Å². The van der Waals surface area contributed by atoms with E-state index in [0.29, 0.717) is 11.7 Å². The van der Waals surface area contributed by atoms with Crippen LogP contribution in [0.5, 0.6) is 11.5 Å². The number of esters is 1. The Balaban J connectivity index is 2.54. The number of methoxy groups -OCH3 is 1. The Bertz CT molecular complexity index is 816. The predicted octanol–water partition coefficient (Wildman–Crippen LogP) is 6.19. The zero-order valence-corrected chi connectivity index (χ0v) is 17.8. The molecule has 0 radical (unpaired) electrons. The van der Waals surface area contributed by atoms with E-state index in [-0.39, 0.29) is 17.3 Å². The molecule has 0 amide bonds. The van der Waals surface area contributed by atoms with Gasteiger partial charge in [0, 0.05) is 12.3 Å². The van der Waals surface area contributed by atoms with Crippen LogP contribution in [0.4, 0.5) is 0 Å². The molecule has 146 valence electrons. The summed E-state index contributed by atoms with van der Waals surface area (Å²) in [7, 11) is 1.72. The van der Waals surface area contributed by atoms with E-state index in [1.54, 1.807) is 7.11 Å². The summed E-state index contributed by atoms with van der Waals surface area (Å²) < 4.78 is 10.9. The molecule has 0 unspecified atom stereocenters. The van der Waals surface area contributed by atoms with Crippen LogP contribution < -0.4 is 9.47 Å².